The van der Waals surface area contributed by atoms with Crippen LogP contribution >= 0.6 is 0 Å². The number of aromatic nitrogens is 2. The quantitative estimate of drug-likeness (QED) is 0.109. The van der Waals surface area contributed by atoms with Gasteiger partial charge in [0.15, 0.2) is 6.10 Å². The molecule has 0 amide bonds. The lowest BCUT2D eigenvalue weighted by molar-refractivity contribution is -0.209. The van der Waals surface area contributed by atoms with E-state index in [9.17, 15) is 13.2 Å². The van der Waals surface area contributed by atoms with Crippen molar-refractivity contribution in [3.63, 3.8) is 0 Å². The SMILES string of the molecule is COc1ccc(C(NC2=N[C@](C)(c3cc(C#Cc4cncnc4)ccc3F)C[C@@H](C(F)(F)F)O2)(c2ccccc2)c2ccc(OC)cc2)cc1. The van der Waals surface area contributed by atoms with Crippen LogP contribution in [0.25, 0.3) is 0 Å². The van der Waals surface area contributed by atoms with E-state index in [-0.39, 0.29) is 5.56 Å². The van der Waals surface area contributed by atoms with E-state index < -0.39 is 41.6 Å². The van der Waals surface area contributed by atoms with Gasteiger partial charge in [0, 0.05) is 29.9 Å². The number of halogens is 4. The van der Waals surface area contributed by atoms with Crippen molar-refractivity contribution in [1.82, 2.24) is 15.3 Å². The number of aliphatic imine (C=N–C) groups is 1. The Morgan fingerprint density at radius 1 is 0.780 bits per heavy atom. The van der Waals surface area contributed by atoms with Crippen molar-refractivity contribution in [1.29, 1.82) is 0 Å². The zero-order chi connectivity index (χ0) is 35.4. The highest BCUT2D eigenvalue weighted by atomic mass is 19.4. The summed E-state index contributed by atoms with van der Waals surface area (Å²) in [5, 5.41) is 3.28. The van der Waals surface area contributed by atoms with Crippen LogP contribution in [0.15, 0.2) is 121 Å². The van der Waals surface area contributed by atoms with Gasteiger partial charge in [0.2, 0.25) is 0 Å². The third-order valence-electron chi connectivity index (χ3n) is 8.56. The van der Waals surface area contributed by atoms with Gasteiger partial charge < -0.3 is 19.5 Å². The van der Waals surface area contributed by atoms with Gasteiger partial charge in [-0.1, -0.05) is 66.4 Å². The van der Waals surface area contributed by atoms with Crippen LogP contribution in [0.2, 0.25) is 0 Å². The van der Waals surface area contributed by atoms with Crippen molar-refractivity contribution in [3.05, 3.63) is 155 Å². The molecule has 0 bridgehead atoms. The van der Waals surface area contributed by atoms with Crippen LogP contribution in [0.5, 0.6) is 11.5 Å². The van der Waals surface area contributed by atoms with Gasteiger partial charge in [-0.15, -0.1) is 0 Å². The first-order chi connectivity index (χ1) is 24.0. The number of amidine groups is 1. The van der Waals surface area contributed by atoms with Gasteiger partial charge in [-0.3, -0.25) is 0 Å². The van der Waals surface area contributed by atoms with Crippen LogP contribution in [0.3, 0.4) is 0 Å². The molecule has 0 spiro atoms. The van der Waals surface area contributed by atoms with E-state index in [1.54, 1.807) is 38.5 Å². The number of ether oxygens (including phenoxy) is 3. The molecule has 2 atom stereocenters. The Hall–Kier alpha value is -5.89. The molecule has 5 aromatic rings. The Bertz CT molecular complexity index is 1980. The van der Waals surface area contributed by atoms with Crippen LogP contribution in [0.4, 0.5) is 17.6 Å². The normalized spacial score (nSPS) is 17.4. The highest BCUT2D eigenvalue weighted by Gasteiger charge is 2.51. The summed E-state index contributed by atoms with van der Waals surface area (Å²) in [6, 6.07) is 27.1. The predicted molar refractivity (Wildman–Crippen MR) is 180 cm³/mol. The summed E-state index contributed by atoms with van der Waals surface area (Å²) in [5.41, 5.74) is -0.282. The van der Waals surface area contributed by atoms with Crippen LogP contribution in [-0.2, 0) is 15.8 Å². The second kappa shape index (κ2) is 13.9. The molecule has 1 aliphatic heterocycles. The van der Waals surface area contributed by atoms with E-state index >= 15 is 4.39 Å². The zero-order valence-electron chi connectivity index (χ0n) is 27.3. The molecular formula is C39H32F4N4O3. The largest absolute Gasteiger partial charge is 0.497 e. The molecule has 11 heteroatoms. The van der Waals surface area contributed by atoms with Crippen molar-refractivity contribution in [3.8, 4) is 23.3 Å². The highest BCUT2D eigenvalue weighted by molar-refractivity contribution is 5.79. The van der Waals surface area contributed by atoms with E-state index in [1.807, 2.05) is 54.6 Å². The summed E-state index contributed by atoms with van der Waals surface area (Å²) in [5.74, 6) is 6.26. The number of benzene rings is 4. The number of nitrogens with zero attached hydrogens (tertiary/aromatic N) is 3. The number of rotatable bonds is 7. The third kappa shape index (κ3) is 6.96. The number of hydrogen-bond donors (Lipinski definition) is 1. The maximum absolute atomic E-state index is 15.7. The van der Waals surface area contributed by atoms with Gasteiger partial charge in [-0.25, -0.2) is 19.4 Å². The fourth-order valence-corrected chi connectivity index (χ4v) is 6.01. The summed E-state index contributed by atoms with van der Waals surface area (Å²) >= 11 is 0. The maximum Gasteiger partial charge on any atom is 0.425 e. The van der Waals surface area contributed by atoms with Crippen molar-refractivity contribution in [2.45, 2.75) is 36.7 Å². The summed E-state index contributed by atoms with van der Waals surface area (Å²) in [6.45, 7) is 1.46. The molecule has 0 saturated heterocycles. The topological polar surface area (TPSA) is 77.9 Å². The minimum absolute atomic E-state index is 0.0651. The van der Waals surface area contributed by atoms with E-state index in [0.29, 0.717) is 39.3 Å². The standard InChI is InChI=1S/C39H32F4N4O3/c1-37(33-21-26(11-20-34(33)40)9-10-27-23-44-25-45-24-27)22-35(39(41,42)43)50-36(46-37)47-38(28-7-5-4-6-8-28,29-12-16-31(48-2)17-13-29)30-14-18-32(49-3)19-15-30/h4-8,11-21,23-25,35H,22H2,1-3H3,(H,46,47)/t35-,37-/m0/s1. The number of methoxy groups -OCH3 is 2. The minimum atomic E-state index is -4.80. The van der Waals surface area contributed by atoms with Crippen molar-refractivity contribution in [2.75, 3.05) is 14.2 Å². The lowest BCUT2D eigenvalue weighted by Crippen LogP contribution is -2.54. The molecule has 1 N–H and O–H groups in total. The lowest BCUT2D eigenvalue weighted by Gasteiger charge is -2.42. The fraction of sp³-hybridized carbons (Fsp3) is 0.205. The molecule has 4 aromatic carbocycles. The Morgan fingerprint density at radius 3 is 1.90 bits per heavy atom. The predicted octanol–water partition coefficient (Wildman–Crippen LogP) is 7.54. The molecule has 0 unspecified atom stereocenters. The van der Waals surface area contributed by atoms with E-state index in [1.165, 1.54) is 43.8 Å². The smallest absolute Gasteiger partial charge is 0.425 e. The average molecular weight is 681 g/mol. The van der Waals surface area contributed by atoms with Crippen molar-refractivity contribution < 1.29 is 31.8 Å². The number of nitrogens with one attached hydrogen (secondary N) is 1. The lowest BCUT2D eigenvalue weighted by atomic mass is 9.77. The second-order valence-electron chi connectivity index (χ2n) is 11.8. The van der Waals surface area contributed by atoms with E-state index in [2.05, 4.69) is 27.1 Å². The summed E-state index contributed by atoms with van der Waals surface area (Å²) in [6.07, 6.45) is -3.39. The second-order valence-corrected chi connectivity index (χ2v) is 11.8. The van der Waals surface area contributed by atoms with Gasteiger partial charge >= 0.3 is 6.18 Å². The summed E-state index contributed by atoms with van der Waals surface area (Å²) < 4.78 is 76.1. The first-order valence-electron chi connectivity index (χ1n) is 15.6. The van der Waals surface area contributed by atoms with Gasteiger partial charge in [-0.05, 0) is 66.1 Å². The van der Waals surface area contributed by atoms with Crippen molar-refractivity contribution >= 4 is 6.02 Å². The molecule has 0 fully saturated rings. The fourth-order valence-electron chi connectivity index (χ4n) is 6.01. The number of hydrogen-bond acceptors (Lipinski definition) is 7. The first kappa shape index (κ1) is 34.0. The Labute approximate surface area is 287 Å². The summed E-state index contributed by atoms with van der Waals surface area (Å²) in [7, 11) is 3.08. The monoisotopic (exact) mass is 680 g/mol. The molecule has 0 aliphatic carbocycles. The zero-order valence-corrected chi connectivity index (χ0v) is 27.3. The van der Waals surface area contributed by atoms with E-state index in [4.69, 9.17) is 19.2 Å². The van der Waals surface area contributed by atoms with Crippen molar-refractivity contribution in [2.24, 2.45) is 4.99 Å². The highest BCUT2D eigenvalue weighted by Crippen LogP contribution is 2.44. The first-order valence-corrected chi connectivity index (χ1v) is 15.6. The Morgan fingerprint density at radius 2 is 1.34 bits per heavy atom. The average Bonchev–Trinajstić information content (AvgIpc) is 3.14. The Kier molecular flexibility index (Phi) is 9.46. The van der Waals surface area contributed by atoms with Gasteiger partial charge in [0.05, 0.1) is 25.3 Å². The van der Waals surface area contributed by atoms with Crippen LogP contribution in [0.1, 0.15) is 46.7 Å². The molecule has 0 saturated carbocycles. The van der Waals surface area contributed by atoms with Crippen LogP contribution in [-0.4, -0.2) is 42.5 Å². The minimum Gasteiger partial charge on any atom is -0.497 e. The summed E-state index contributed by atoms with van der Waals surface area (Å²) in [4.78, 5) is 12.6. The van der Waals surface area contributed by atoms with Gasteiger partial charge in [0.1, 0.15) is 29.2 Å². The molecule has 1 aliphatic rings. The molecule has 50 heavy (non-hydrogen) atoms. The molecule has 2 heterocycles. The molecule has 6 rings (SSSR count). The molecular weight excluding hydrogens is 648 g/mol. The number of alkyl halides is 3. The molecule has 1 aromatic heterocycles. The van der Waals surface area contributed by atoms with Crippen LogP contribution in [0, 0.1) is 17.7 Å². The van der Waals surface area contributed by atoms with Crippen LogP contribution < -0.4 is 14.8 Å². The molecule has 7 nitrogen and oxygen atoms in total. The molecule has 0 radical (unpaired) electrons. The van der Waals surface area contributed by atoms with Gasteiger partial charge in [-0.2, -0.15) is 13.2 Å². The third-order valence-corrected chi connectivity index (χ3v) is 8.56. The Balaban J connectivity index is 1.54. The molecule has 254 valence electrons. The maximum atomic E-state index is 15.7. The van der Waals surface area contributed by atoms with E-state index in [0.717, 1.165) is 0 Å². The van der Waals surface area contributed by atoms with Gasteiger partial charge in [0.25, 0.3) is 6.02 Å².